The van der Waals surface area contributed by atoms with E-state index in [2.05, 4.69) is 34.3 Å². The Kier molecular flexibility index (Phi) is 6.54. The highest BCUT2D eigenvalue weighted by atomic mass is 19.1. The zero-order valence-electron chi connectivity index (χ0n) is 17.1. The fraction of sp³-hybridized carbons (Fsp3) is 0.333. The lowest BCUT2D eigenvalue weighted by Gasteiger charge is -2.21. The van der Waals surface area contributed by atoms with Crippen molar-refractivity contribution in [3.05, 3.63) is 83.9 Å². The highest BCUT2D eigenvalue weighted by Gasteiger charge is 2.22. The maximum absolute atomic E-state index is 13.1. The zero-order valence-corrected chi connectivity index (χ0v) is 17.1. The minimum absolute atomic E-state index is 0.0398. The number of hydrogen-bond donors (Lipinski definition) is 0. The highest BCUT2D eigenvalue weighted by molar-refractivity contribution is 5.92. The quantitative estimate of drug-likeness (QED) is 0.625. The third kappa shape index (κ3) is 5.13. The number of carbonyl (C=O) groups excluding carboxylic acids is 1. The van der Waals surface area contributed by atoms with Crippen LogP contribution in [0.5, 0.6) is 0 Å². The van der Waals surface area contributed by atoms with Gasteiger partial charge in [-0.3, -0.25) is 4.79 Å². The molecule has 2 heterocycles. The molecule has 4 rings (SSSR count). The SMILES string of the molecule is O=C(c1ccn(-c2ccc(F)cc2)n1)N1CCCN(CCCc2ccccc2)CC1. The molecule has 0 N–H and O–H groups in total. The van der Waals surface area contributed by atoms with E-state index in [4.69, 9.17) is 0 Å². The van der Waals surface area contributed by atoms with E-state index in [0.717, 1.165) is 51.1 Å². The van der Waals surface area contributed by atoms with Crippen molar-refractivity contribution in [2.75, 3.05) is 32.7 Å². The van der Waals surface area contributed by atoms with E-state index in [9.17, 15) is 9.18 Å². The summed E-state index contributed by atoms with van der Waals surface area (Å²) in [6.07, 6.45) is 4.92. The van der Waals surface area contributed by atoms with Gasteiger partial charge in [-0.2, -0.15) is 5.10 Å². The Morgan fingerprint density at radius 3 is 2.53 bits per heavy atom. The summed E-state index contributed by atoms with van der Waals surface area (Å²) < 4.78 is 14.7. The second-order valence-electron chi connectivity index (χ2n) is 7.70. The molecule has 0 unspecified atom stereocenters. The maximum atomic E-state index is 13.1. The second kappa shape index (κ2) is 9.67. The van der Waals surface area contributed by atoms with Crippen molar-refractivity contribution in [3.63, 3.8) is 0 Å². The molecule has 0 atom stereocenters. The van der Waals surface area contributed by atoms with Crippen LogP contribution in [0.25, 0.3) is 5.69 Å². The van der Waals surface area contributed by atoms with Gasteiger partial charge < -0.3 is 9.80 Å². The van der Waals surface area contributed by atoms with Gasteiger partial charge in [0.1, 0.15) is 5.82 Å². The first kappa shape index (κ1) is 20.3. The van der Waals surface area contributed by atoms with Gasteiger partial charge in [-0.25, -0.2) is 9.07 Å². The molecule has 5 nitrogen and oxygen atoms in total. The van der Waals surface area contributed by atoms with Gasteiger partial charge in [-0.15, -0.1) is 0 Å². The predicted octanol–water partition coefficient (Wildman–Crippen LogP) is 3.79. The molecular formula is C24H27FN4O. The summed E-state index contributed by atoms with van der Waals surface area (Å²) in [5, 5.41) is 4.41. The molecule has 30 heavy (non-hydrogen) atoms. The van der Waals surface area contributed by atoms with Crippen LogP contribution in [0.4, 0.5) is 4.39 Å². The first-order chi connectivity index (χ1) is 14.7. The molecule has 1 aromatic heterocycles. The van der Waals surface area contributed by atoms with Crippen molar-refractivity contribution in [1.82, 2.24) is 19.6 Å². The molecule has 6 heteroatoms. The highest BCUT2D eigenvalue weighted by Crippen LogP contribution is 2.13. The summed E-state index contributed by atoms with van der Waals surface area (Å²) in [5.74, 6) is -0.331. The van der Waals surface area contributed by atoms with E-state index in [-0.39, 0.29) is 11.7 Å². The van der Waals surface area contributed by atoms with E-state index in [1.165, 1.54) is 17.7 Å². The van der Waals surface area contributed by atoms with Crippen LogP contribution in [-0.2, 0) is 6.42 Å². The van der Waals surface area contributed by atoms with Crippen LogP contribution in [0.3, 0.4) is 0 Å². The number of halogens is 1. The lowest BCUT2D eigenvalue weighted by Crippen LogP contribution is -2.35. The van der Waals surface area contributed by atoms with Gasteiger partial charge in [0.05, 0.1) is 5.69 Å². The van der Waals surface area contributed by atoms with Crippen molar-refractivity contribution in [3.8, 4) is 5.69 Å². The molecule has 1 aliphatic heterocycles. The molecule has 2 aromatic carbocycles. The van der Waals surface area contributed by atoms with Gasteiger partial charge in [0.2, 0.25) is 0 Å². The zero-order chi connectivity index (χ0) is 20.8. The lowest BCUT2D eigenvalue weighted by molar-refractivity contribution is 0.0755. The van der Waals surface area contributed by atoms with Gasteiger partial charge in [0.25, 0.3) is 5.91 Å². The second-order valence-corrected chi connectivity index (χ2v) is 7.70. The Labute approximate surface area is 176 Å². The van der Waals surface area contributed by atoms with E-state index >= 15 is 0 Å². The number of amides is 1. The van der Waals surface area contributed by atoms with Crippen LogP contribution in [0.2, 0.25) is 0 Å². The molecule has 1 fully saturated rings. The molecule has 1 saturated heterocycles. The minimum Gasteiger partial charge on any atom is -0.336 e. The smallest absolute Gasteiger partial charge is 0.274 e. The Balaban J connectivity index is 1.29. The summed E-state index contributed by atoms with van der Waals surface area (Å²) in [6.45, 7) is 4.42. The summed E-state index contributed by atoms with van der Waals surface area (Å²) in [5.41, 5.74) is 2.54. The Hall–Kier alpha value is -2.99. The summed E-state index contributed by atoms with van der Waals surface area (Å²) in [6, 6.07) is 18.4. The van der Waals surface area contributed by atoms with Crippen molar-refractivity contribution in [2.24, 2.45) is 0 Å². The normalized spacial score (nSPS) is 15.2. The molecule has 0 aliphatic carbocycles. The number of nitrogens with zero attached hydrogens (tertiary/aromatic N) is 4. The molecule has 156 valence electrons. The summed E-state index contributed by atoms with van der Waals surface area (Å²) in [7, 11) is 0. The number of aryl methyl sites for hydroxylation is 1. The van der Waals surface area contributed by atoms with Crippen molar-refractivity contribution in [1.29, 1.82) is 0 Å². The summed E-state index contributed by atoms with van der Waals surface area (Å²) >= 11 is 0. The first-order valence-electron chi connectivity index (χ1n) is 10.6. The van der Waals surface area contributed by atoms with Crippen LogP contribution in [0.15, 0.2) is 66.9 Å². The third-order valence-electron chi connectivity index (χ3n) is 5.56. The van der Waals surface area contributed by atoms with Gasteiger partial charge in [-0.1, -0.05) is 30.3 Å². The van der Waals surface area contributed by atoms with Crippen LogP contribution in [0, 0.1) is 5.82 Å². The van der Waals surface area contributed by atoms with Crippen molar-refractivity contribution in [2.45, 2.75) is 19.3 Å². The van der Waals surface area contributed by atoms with Crippen LogP contribution in [0.1, 0.15) is 28.9 Å². The van der Waals surface area contributed by atoms with Gasteiger partial charge in [0.15, 0.2) is 5.69 Å². The summed E-state index contributed by atoms with van der Waals surface area (Å²) in [4.78, 5) is 17.3. The first-order valence-corrected chi connectivity index (χ1v) is 10.6. The van der Waals surface area contributed by atoms with E-state index < -0.39 is 0 Å². The Bertz CT molecular complexity index is 955. The van der Waals surface area contributed by atoms with Crippen LogP contribution in [-0.4, -0.2) is 58.2 Å². The lowest BCUT2D eigenvalue weighted by atomic mass is 10.1. The molecule has 0 bridgehead atoms. The third-order valence-corrected chi connectivity index (χ3v) is 5.56. The standard InChI is InChI=1S/C24H27FN4O/c25-21-9-11-22(12-10-21)29-17-13-23(26-29)24(30)28-16-5-15-27(18-19-28)14-4-8-20-6-2-1-3-7-20/h1-3,6-7,9-13,17H,4-5,8,14-16,18-19H2. The average molecular weight is 407 g/mol. The average Bonchev–Trinajstić information content (AvgIpc) is 3.15. The van der Waals surface area contributed by atoms with Crippen molar-refractivity contribution >= 4 is 5.91 Å². The van der Waals surface area contributed by atoms with Crippen LogP contribution < -0.4 is 0 Å². The number of aromatic nitrogens is 2. The van der Waals surface area contributed by atoms with Gasteiger partial charge >= 0.3 is 0 Å². The molecule has 0 radical (unpaired) electrons. The Morgan fingerprint density at radius 2 is 1.73 bits per heavy atom. The minimum atomic E-state index is -0.292. The molecule has 0 spiro atoms. The number of benzene rings is 2. The largest absolute Gasteiger partial charge is 0.336 e. The molecule has 1 amide bonds. The molecular weight excluding hydrogens is 379 g/mol. The van der Waals surface area contributed by atoms with E-state index in [1.807, 2.05) is 11.0 Å². The van der Waals surface area contributed by atoms with Gasteiger partial charge in [-0.05, 0) is 68.2 Å². The maximum Gasteiger partial charge on any atom is 0.274 e. The molecule has 3 aromatic rings. The monoisotopic (exact) mass is 406 g/mol. The topological polar surface area (TPSA) is 41.4 Å². The Morgan fingerprint density at radius 1 is 0.933 bits per heavy atom. The fourth-order valence-corrected chi connectivity index (χ4v) is 3.89. The van der Waals surface area contributed by atoms with Crippen molar-refractivity contribution < 1.29 is 9.18 Å². The predicted molar refractivity (Wildman–Crippen MR) is 115 cm³/mol. The van der Waals surface area contributed by atoms with Gasteiger partial charge in [0, 0.05) is 25.8 Å². The number of hydrogen-bond acceptors (Lipinski definition) is 3. The van der Waals surface area contributed by atoms with E-state index in [1.54, 1.807) is 29.1 Å². The number of carbonyl (C=O) groups is 1. The van der Waals surface area contributed by atoms with E-state index in [0.29, 0.717) is 12.2 Å². The molecule has 1 aliphatic rings. The number of rotatable bonds is 6. The van der Waals surface area contributed by atoms with Crippen LogP contribution >= 0.6 is 0 Å². The fourth-order valence-electron chi connectivity index (χ4n) is 3.89. The molecule has 0 saturated carbocycles.